The van der Waals surface area contributed by atoms with E-state index in [2.05, 4.69) is 6.92 Å². The van der Waals surface area contributed by atoms with Crippen molar-refractivity contribution in [2.45, 2.75) is 64.7 Å². The van der Waals surface area contributed by atoms with Crippen LogP contribution < -0.4 is 0 Å². The third kappa shape index (κ3) is 2.85. The van der Waals surface area contributed by atoms with E-state index in [-0.39, 0.29) is 23.8 Å². The number of aryl methyl sites for hydroxylation is 1. The molecule has 4 bridgehead atoms. The van der Waals surface area contributed by atoms with Crippen LogP contribution in [0.2, 0.25) is 0 Å². The van der Waals surface area contributed by atoms with E-state index in [4.69, 9.17) is 4.74 Å². The van der Waals surface area contributed by atoms with E-state index in [9.17, 15) is 9.59 Å². The highest BCUT2D eigenvalue weighted by molar-refractivity contribution is 7.14. The molecule has 1 atom stereocenters. The van der Waals surface area contributed by atoms with E-state index in [1.54, 1.807) is 11.3 Å². The van der Waals surface area contributed by atoms with E-state index in [0.29, 0.717) is 10.8 Å². The summed E-state index contributed by atoms with van der Waals surface area (Å²) in [5.74, 6) is 2.82. The second-order valence-electron chi connectivity index (χ2n) is 9.60. The minimum absolute atomic E-state index is 0.0238. The molecule has 0 saturated heterocycles. The fraction of sp³-hybridized carbons (Fsp3) is 0.727. The van der Waals surface area contributed by atoms with Crippen molar-refractivity contribution in [2.24, 2.45) is 29.1 Å². The van der Waals surface area contributed by atoms with Gasteiger partial charge in [-0.3, -0.25) is 4.79 Å². The first-order chi connectivity index (χ1) is 12.5. The molecule has 1 heterocycles. The van der Waals surface area contributed by atoms with Crippen molar-refractivity contribution in [2.75, 3.05) is 6.61 Å². The van der Waals surface area contributed by atoms with Crippen LogP contribution >= 0.6 is 11.3 Å². The standard InChI is InChI=1S/C22H28O3S/c1-13-2-3-18-17(4-13)8-19(26-18)21(24)25-12-20(23)22-9-14-5-15(10-22)7-16(6-14)11-22/h8,13-16H,2-7,9-12H2,1H3/t13-,14?,15?,16?,22?/m1/s1. The second-order valence-corrected chi connectivity index (χ2v) is 10.7. The summed E-state index contributed by atoms with van der Waals surface area (Å²) in [6, 6.07) is 2.01. The van der Waals surface area contributed by atoms with Crippen LogP contribution in [0.5, 0.6) is 0 Å². The summed E-state index contributed by atoms with van der Waals surface area (Å²) in [4.78, 5) is 27.5. The van der Waals surface area contributed by atoms with Gasteiger partial charge in [0.25, 0.3) is 0 Å². The number of hydrogen-bond acceptors (Lipinski definition) is 4. The van der Waals surface area contributed by atoms with Gasteiger partial charge in [-0.2, -0.15) is 0 Å². The number of carbonyl (C=O) groups excluding carboxylic acids is 2. The van der Waals surface area contributed by atoms with Crippen LogP contribution in [0.1, 0.15) is 72.0 Å². The molecule has 1 aromatic rings. The van der Waals surface area contributed by atoms with Crippen molar-refractivity contribution in [3.8, 4) is 0 Å². The molecule has 0 aromatic carbocycles. The van der Waals surface area contributed by atoms with Crippen LogP contribution in [0.15, 0.2) is 6.07 Å². The summed E-state index contributed by atoms with van der Waals surface area (Å²) < 4.78 is 5.51. The van der Waals surface area contributed by atoms with Gasteiger partial charge in [-0.15, -0.1) is 11.3 Å². The largest absolute Gasteiger partial charge is 0.453 e. The van der Waals surface area contributed by atoms with Gasteiger partial charge >= 0.3 is 5.97 Å². The third-order valence-electron chi connectivity index (χ3n) is 7.49. The predicted molar refractivity (Wildman–Crippen MR) is 101 cm³/mol. The van der Waals surface area contributed by atoms with E-state index in [1.807, 2.05) is 6.07 Å². The number of rotatable bonds is 4. The molecule has 4 fully saturated rings. The lowest BCUT2D eigenvalue weighted by Gasteiger charge is -2.55. The molecule has 3 nitrogen and oxygen atoms in total. The highest BCUT2D eigenvalue weighted by Gasteiger charge is 2.54. The Labute approximate surface area is 159 Å². The number of carbonyl (C=O) groups is 2. The molecule has 0 N–H and O–H groups in total. The summed E-state index contributed by atoms with van der Waals surface area (Å²) >= 11 is 1.57. The van der Waals surface area contributed by atoms with Gasteiger partial charge in [0.05, 0.1) is 0 Å². The molecule has 4 heteroatoms. The number of ketones is 1. The Morgan fingerprint density at radius 2 is 1.81 bits per heavy atom. The molecule has 5 aliphatic carbocycles. The average Bonchev–Trinajstić information content (AvgIpc) is 3.01. The van der Waals surface area contributed by atoms with Crippen molar-refractivity contribution < 1.29 is 14.3 Å². The molecule has 0 unspecified atom stereocenters. The molecule has 26 heavy (non-hydrogen) atoms. The Balaban J connectivity index is 1.24. The van der Waals surface area contributed by atoms with Gasteiger partial charge in [0, 0.05) is 10.3 Å². The molecule has 0 amide bonds. The smallest absolute Gasteiger partial charge is 0.348 e. The van der Waals surface area contributed by atoms with Crippen LogP contribution in [0.3, 0.4) is 0 Å². The van der Waals surface area contributed by atoms with Crippen LogP contribution in [0.25, 0.3) is 0 Å². The Morgan fingerprint density at radius 1 is 1.15 bits per heavy atom. The van der Waals surface area contributed by atoms with Crippen LogP contribution in [0.4, 0.5) is 0 Å². The summed E-state index contributed by atoms with van der Waals surface area (Å²) in [6.07, 6.45) is 10.4. The molecular formula is C22H28O3S. The number of esters is 1. The van der Waals surface area contributed by atoms with Crippen molar-refractivity contribution >= 4 is 23.1 Å². The number of thiophene rings is 1. The number of fused-ring (bicyclic) bond motifs is 1. The lowest BCUT2D eigenvalue weighted by molar-refractivity contribution is -0.147. The highest BCUT2D eigenvalue weighted by Crippen LogP contribution is 2.60. The minimum Gasteiger partial charge on any atom is -0.453 e. The Hall–Kier alpha value is -1.16. The van der Waals surface area contributed by atoms with Gasteiger partial charge in [-0.1, -0.05) is 6.92 Å². The molecule has 0 radical (unpaired) electrons. The maximum absolute atomic E-state index is 13.0. The summed E-state index contributed by atoms with van der Waals surface area (Å²) in [7, 11) is 0. The molecule has 0 aliphatic heterocycles. The van der Waals surface area contributed by atoms with E-state index < -0.39 is 0 Å². The fourth-order valence-corrected chi connectivity index (χ4v) is 7.72. The molecule has 0 spiro atoms. The van der Waals surface area contributed by atoms with Gasteiger partial charge < -0.3 is 4.74 Å². The zero-order chi connectivity index (χ0) is 17.9. The normalized spacial score (nSPS) is 37.4. The van der Waals surface area contributed by atoms with Crippen LogP contribution in [0, 0.1) is 29.1 Å². The maximum atomic E-state index is 13.0. The van der Waals surface area contributed by atoms with Gasteiger partial charge in [0.15, 0.2) is 12.4 Å². The van der Waals surface area contributed by atoms with E-state index >= 15 is 0 Å². The SMILES string of the molecule is C[C@@H]1CCc2sc(C(=O)OCC(=O)C34CC5CC(CC(C5)C3)C4)cc2C1. The van der Waals surface area contributed by atoms with E-state index in [0.717, 1.165) is 49.9 Å². The van der Waals surface area contributed by atoms with Gasteiger partial charge in [0.1, 0.15) is 4.88 Å². The zero-order valence-corrected chi connectivity index (χ0v) is 16.4. The molecule has 5 aliphatic rings. The molecule has 6 rings (SSSR count). The predicted octanol–water partition coefficient (Wildman–Crippen LogP) is 4.82. The first kappa shape index (κ1) is 17.0. The van der Waals surface area contributed by atoms with Gasteiger partial charge in [-0.25, -0.2) is 4.79 Å². The minimum atomic E-state index is -0.296. The maximum Gasteiger partial charge on any atom is 0.348 e. The van der Waals surface area contributed by atoms with Crippen molar-refractivity contribution in [1.29, 1.82) is 0 Å². The first-order valence-corrected chi connectivity index (χ1v) is 11.1. The Bertz CT molecular complexity index is 711. The second kappa shape index (κ2) is 6.19. The Kier molecular flexibility index (Phi) is 4.04. The van der Waals surface area contributed by atoms with E-state index in [1.165, 1.54) is 36.1 Å². The number of ether oxygens (including phenoxy) is 1. The number of Topliss-reactive ketones (excluding diaryl/α,β-unsaturated/α-hetero) is 1. The van der Waals surface area contributed by atoms with Crippen LogP contribution in [-0.4, -0.2) is 18.4 Å². The Morgan fingerprint density at radius 3 is 2.46 bits per heavy atom. The monoisotopic (exact) mass is 372 g/mol. The first-order valence-electron chi connectivity index (χ1n) is 10.3. The lowest BCUT2D eigenvalue weighted by Crippen LogP contribution is -2.51. The third-order valence-corrected chi connectivity index (χ3v) is 8.71. The highest BCUT2D eigenvalue weighted by atomic mass is 32.1. The molecule has 1 aromatic heterocycles. The average molecular weight is 373 g/mol. The van der Waals surface area contributed by atoms with Crippen molar-refractivity contribution in [3.05, 3.63) is 21.4 Å². The molecular weight excluding hydrogens is 344 g/mol. The fourth-order valence-electron chi connectivity index (χ4n) is 6.61. The van der Waals surface area contributed by atoms with Gasteiger partial charge in [-0.05, 0) is 93.1 Å². The molecule has 140 valence electrons. The van der Waals surface area contributed by atoms with Crippen LogP contribution in [-0.2, 0) is 22.4 Å². The van der Waals surface area contributed by atoms with Gasteiger partial charge in [0.2, 0.25) is 0 Å². The van der Waals surface area contributed by atoms with Crippen molar-refractivity contribution in [3.63, 3.8) is 0 Å². The summed E-state index contributed by atoms with van der Waals surface area (Å²) in [5.41, 5.74) is 1.15. The quantitative estimate of drug-likeness (QED) is 0.712. The topological polar surface area (TPSA) is 43.4 Å². The summed E-state index contributed by atoms with van der Waals surface area (Å²) in [5, 5.41) is 0. The lowest BCUT2D eigenvalue weighted by atomic mass is 9.48. The molecule has 4 saturated carbocycles. The number of hydrogen-bond donors (Lipinski definition) is 0. The zero-order valence-electron chi connectivity index (χ0n) is 15.6. The summed E-state index contributed by atoms with van der Waals surface area (Å²) in [6.45, 7) is 2.24. The van der Waals surface area contributed by atoms with Crippen molar-refractivity contribution in [1.82, 2.24) is 0 Å².